The zero-order chi connectivity index (χ0) is 10.8. The van der Waals surface area contributed by atoms with Crippen LogP contribution in [-0.4, -0.2) is 63.3 Å². The summed E-state index contributed by atoms with van der Waals surface area (Å²) >= 11 is 0. The number of carbonyl (C=O) groups excluding carboxylic acids is 2. The van der Waals surface area contributed by atoms with Crippen LogP contribution in [0, 0.1) is 6.92 Å². The Labute approximate surface area is 136 Å². The van der Waals surface area contributed by atoms with Crippen LogP contribution in [0.1, 0.15) is 17.5 Å². The number of benzene rings is 1. The first-order valence-electron chi connectivity index (χ1n) is 4.68. The molecule has 1 saturated heterocycles. The number of ether oxygens (including phenoxy) is 1. The molecule has 1 fully saturated rings. The molecule has 0 bridgehead atoms. The maximum absolute atomic E-state index is 11.2. The Bertz CT molecular complexity index is 463. The van der Waals surface area contributed by atoms with Crippen molar-refractivity contribution in [1.29, 1.82) is 0 Å². The topological polar surface area (TPSA) is 43.4 Å². The molecule has 0 atom stereocenters. The van der Waals surface area contributed by atoms with Crippen LogP contribution in [0.2, 0.25) is 0 Å². The summed E-state index contributed by atoms with van der Waals surface area (Å²) in [5, 5.41) is 0. The van der Waals surface area contributed by atoms with E-state index in [4.69, 9.17) is 0 Å². The van der Waals surface area contributed by atoms with Crippen LogP contribution in [0.4, 0.5) is 0 Å². The summed E-state index contributed by atoms with van der Waals surface area (Å²) in [5.74, 6) is -0.997. The van der Waals surface area contributed by atoms with Crippen LogP contribution in [0.5, 0.6) is 0 Å². The largest absolute Gasteiger partial charge is 0.389 e. The van der Waals surface area contributed by atoms with Gasteiger partial charge >= 0.3 is 11.9 Å². The molecule has 1 aromatic rings. The van der Waals surface area contributed by atoms with E-state index in [0.29, 0.717) is 5.57 Å². The molecule has 1 aliphatic heterocycles. The van der Waals surface area contributed by atoms with E-state index in [0.717, 1.165) is 11.1 Å². The molecular weight excluding hydrogens is 231 g/mol. The Balaban J connectivity index is 0.00000128. The standard InChI is InChI=1S/C12H10O3.K/c1-8-4-2-3-5-9(8)6-10-7-11(13)15-12(10)14;/h2-6H,7H2,1H3;/b10-6+;. The summed E-state index contributed by atoms with van der Waals surface area (Å²) in [6.07, 6.45) is 1.79. The van der Waals surface area contributed by atoms with Gasteiger partial charge in [-0.25, -0.2) is 4.79 Å². The van der Waals surface area contributed by atoms with Crippen molar-refractivity contribution in [3.05, 3.63) is 41.0 Å². The molecular formula is C12H10KO3. The summed E-state index contributed by atoms with van der Waals surface area (Å²) in [6.45, 7) is 1.95. The van der Waals surface area contributed by atoms with E-state index < -0.39 is 11.9 Å². The normalized spacial score (nSPS) is 17.2. The first-order valence-corrected chi connectivity index (χ1v) is 4.68. The second-order valence-electron chi connectivity index (χ2n) is 3.46. The molecule has 1 aromatic carbocycles. The van der Waals surface area contributed by atoms with Gasteiger partial charge in [-0.1, -0.05) is 24.3 Å². The van der Waals surface area contributed by atoms with Gasteiger partial charge in [0.2, 0.25) is 0 Å². The predicted molar refractivity (Wildman–Crippen MR) is 60.6 cm³/mol. The van der Waals surface area contributed by atoms with Gasteiger partial charge < -0.3 is 4.74 Å². The molecule has 0 aromatic heterocycles. The molecule has 77 valence electrons. The van der Waals surface area contributed by atoms with Gasteiger partial charge in [-0.3, -0.25) is 4.79 Å². The Morgan fingerprint density at radius 1 is 1.25 bits per heavy atom. The molecule has 4 heteroatoms. The SMILES string of the molecule is Cc1ccccc1/C=C1\CC(=O)OC1=O.[K]. The molecule has 0 amide bonds. The predicted octanol–water partition coefficient (Wildman–Crippen LogP) is 1.47. The zero-order valence-electron chi connectivity index (χ0n) is 9.32. The quantitative estimate of drug-likeness (QED) is 0.324. The third-order valence-corrected chi connectivity index (χ3v) is 2.32. The third kappa shape index (κ3) is 3.12. The minimum absolute atomic E-state index is 0. The van der Waals surface area contributed by atoms with E-state index in [1.54, 1.807) is 6.08 Å². The average Bonchev–Trinajstić information content (AvgIpc) is 2.49. The first-order chi connectivity index (χ1) is 7.16. The Kier molecular flexibility index (Phi) is 5.08. The van der Waals surface area contributed by atoms with Crippen molar-refractivity contribution in [2.24, 2.45) is 0 Å². The van der Waals surface area contributed by atoms with Crippen molar-refractivity contribution < 1.29 is 14.3 Å². The second-order valence-corrected chi connectivity index (χ2v) is 3.46. The van der Waals surface area contributed by atoms with Crippen molar-refractivity contribution in [1.82, 2.24) is 0 Å². The van der Waals surface area contributed by atoms with Gasteiger partial charge in [0.05, 0.1) is 6.42 Å². The van der Waals surface area contributed by atoms with E-state index >= 15 is 0 Å². The fourth-order valence-electron chi connectivity index (χ4n) is 1.48. The van der Waals surface area contributed by atoms with E-state index in [1.807, 2.05) is 31.2 Å². The fraction of sp³-hybridized carbons (Fsp3) is 0.167. The fourth-order valence-corrected chi connectivity index (χ4v) is 1.48. The number of rotatable bonds is 1. The summed E-state index contributed by atoms with van der Waals surface area (Å²) in [5.41, 5.74) is 2.44. The van der Waals surface area contributed by atoms with Gasteiger partial charge in [0.25, 0.3) is 0 Å². The Morgan fingerprint density at radius 3 is 2.50 bits per heavy atom. The number of hydrogen-bond acceptors (Lipinski definition) is 3. The van der Waals surface area contributed by atoms with Crippen LogP contribution in [0.3, 0.4) is 0 Å². The molecule has 0 unspecified atom stereocenters. The monoisotopic (exact) mass is 241 g/mol. The van der Waals surface area contributed by atoms with Gasteiger partial charge in [-0.2, -0.15) is 0 Å². The zero-order valence-corrected chi connectivity index (χ0v) is 12.4. The smallest absolute Gasteiger partial charge is 0.342 e. The van der Waals surface area contributed by atoms with Crippen molar-refractivity contribution in [2.75, 3.05) is 0 Å². The van der Waals surface area contributed by atoms with Crippen LogP contribution >= 0.6 is 0 Å². The van der Waals surface area contributed by atoms with Crippen LogP contribution in [-0.2, 0) is 14.3 Å². The van der Waals surface area contributed by atoms with Gasteiger partial charge in [0, 0.05) is 57.0 Å². The van der Waals surface area contributed by atoms with Gasteiger partial charge in [0.1, 0.15) is 0 Å². The minimum Gasteiger partial charge on any atom is -0.389 e. The number of esters is 2. The Morgan fingerprint density at radius 2 is 1.94 bits per heavy atom. The molecule has 1 aliphatic rings. The van der Waals surface area contributed by atoms with E-state index in [2.05, 4.69) is 4.74 Å². The Hall–Kier alpha value is -0.264. The summed E-state index contributed by atoms with van der Waals surface area (Å²) in [4.78, 5) is 22.0. The number of hydrogen-bond donors (Lipinski definition) is 0. The van der Waals surface area contributed by atoms with E-state index in [1.165, 1.54) is 0 Å². The summed E-state index contributed by atoms with van der Waals surface area (Å²) in [7, 11) is 0. The van der Waals surface area contributed by atoms with Crippen molar-refractivity contribution in [3.63, 3.8) is 0 Å². The van der Waals surface area contributed by atoms with E-state index in [9.17, 15) is 9.59 Å². The summed E-state index contributed by atoms with van der Waals surface area (Å²) < 4.78 is 4.44. The summed E-state index contributed by atoms with van der Waals surface area (Å²) in [6, 6.07) is 7.67. The van der Waals surface area contributed by atoms with Gasteiger partial charge in [-0.05, 0) is 24.1 Å². The van der Waals surface area contributed by atoms with Crippen LogP contribution < -0.4 is 0 Å². The number of aryl methyl sites for hydroxylation is 1. The van der Waals surface area contributed by atoms with Crippen molar-refractivity contribution in [2.45, 2.75) is 13.3 Å². The molecule has 3 nitrogen and oxygen atoms in total. The molecule has 1 heterocycles. The van der Waals surface area contributed by atoms with Crippen molar-refractivity contribution in [3.8, 4) is 0 Å². The minimum atomic E-state index is -0.525. The maximum Gasteiger partial charge on any atom is 0.342 e. The van der Waals surface area contributed by atoms with Gasteiger partial charge in [0.15, 0.2) is 0 Å². The van der Waals surface area contributed by atoms with Crippen molar-refractivity contribution >= 4 is 69.4 Å². The number of carbonyl (C=O) groups is 2. The molecule has 0 saturated carbocycles. The molecule has 0 N–H and O–H groups in total. The number of cyclic esters (lactones) is 2. The van der Waals surface area contributed by atoms with Crippen LogP contribution in [0.25, 0.3) is 6.08 Å². The first kappa shape index (κ1) is 13.8. The molecule has 16 heavy (non-hydrogen) atoms. The molecule has 2 rings (SSSR count). The van der Waals surface area contributed by atoms with E-state index in [-0.39, 0.29) is 57.8 Å². The van der Waals surface area contributed by atoms with Crippen LogP contribution in [0.15, 0.2) is 29.8 Å². The molecule has 0 aliphatic carbocycles. The second kappa shape index (κ2) is 5.89. The molecule has 0 spiro atoms. The average molecular weight is 241 g/mol. The maximum atomic E-state index is 11.2. The van der Waals surface area contributed by atoms with Gasteiger partial charge in [-0.15, -0.1) is 0 Å². The third-order valence-electron chi connectivity index (χ3n) is 2.32. The molecule has 1 radical (unpaired) electrons.